The van der Waals surface area contributed by atoms with Crippen molar-refractivity contribution in [2.75, 3.05) is 16.8 Å². The highest BCUT2D eigenvalue weighted by molar-refractivity contribution is 6.07. The molecule has 6 rings (SSSR count). The number of allylic oxidation sites excluding steroid dienone is 1. The third kappa shape index (κ3) is 6.40. The number of amides is 5. The molecule has 0 saturated carbocycles. The molecule has 3 N–H and O–H groups in total. The molecule has 1 aliphatic heterocycles. The summed E-state index contributed by atoms with van der Waals surface area (Å²) in [6.45, 7) is 2.84. The van der Waals surface area contributed by atoms with Gasteiger partial charge in [0.25, 0.3) is 5.91 Å². The van der Waals surface area contributed by atoms with E-state index in [-0.39, 0.29) is 5.76 Å². The first kappa shape index (κ1) is 32.4. The fraction of sp³-hybridized carbons (Fsp3) is 0.143. The lowest BCUT2D eigenvalue weighted by molar-refractivity contribution is -0.402. The molecule has 1 atom stereocenters. The van der Waals surface area contributed by atoms with Crippen molar-refractivity contribution in [1.29, 1.82) is 0 Å². The van der Waals surface area contributed by atoms with Crippen LogP contribution in [0, 0.1) is 10.1 Å². The molecule has 0 spiro atoms. The monoisotopic (exact) mass is 661 g/mol. The van der Waals surface area contributed by atoms with Crippen LogP contribution in [0.15, 0.2) is 113 Å². The molecule has 248 valence electrons. The number of hydrazone groups is 1. The predicted octanol–water partition coefficient (Wildman–Crippen LogP) is 6.58. The first-order valence-corrected chi connectivity index (χ1v) is 15.1. The number of fused-ring (bicyclic) bond motifs is 2. The molecule has 0 bridgehead atoms. The van der Waals surface area contributed by atoms with Crippen LogP contribution in [0.1, 0.15) is 19.6 Å². The summed E-state index contributed by atoms with van der Waals surface area (Å²) >= 11 is 0. The van der Waals surface area contributed by atoms with Crippen LogP contribution in [0.5, 0.6) is 0 Å². The fourth-order valence-electron chi connectivity index (χ4n) is 5.89. The first-order valence-electron chi connectivity index (χ1n) is 15.1. The number of benzene rings is 4. The van der Waals surface area contributed by atoms with Crippen LogP contribution >= 0.6 is 0 Å². The second-order valence-electron chi connectivity index (χ2n) is 11.7. The maximum atomic E-state index is 14.2. The van der Waals surface area contributed by atoms with Crippen LogP contribution in [0.4, 0.5) is 26.8 Å². The van der Waals surface area contributed by atoms with Crippen molar-refractivity contribution >= 4 is 69.1 Å². The van der Waals surface area contributed by atoms with Crippen LogP contribution in [0.25, 0.3) is 27.6 Å². The lowest BCUT2D eigenvalue weighted by Gasteiger charge is -2.38. The molecule has 14 nitrogen and oxygen atoms in total. The van der Waals surface area contributed by atoms with E-state index in [2.05, 4.69) is 15.8 Å². The highest BCUT2D eigenvalue weighted by atomic mass is 16.6. The molecule has 1 fully saturated rings. The molecule has 5 aromatic rings. The second kappa shape index (κ2) is 13.3. The average molecular weight is 662 g/mol. The Bertz CT molecular complexity index is 2130. The topological polar surface area (TPSA) is 174 Å². The molecule has 5 amide bonds. The van der Waals surface area contributed by atoms with Gasteiger partial charge in [-0.1, -0.05) is 72.8 Å². The normalized spacial score (nSPS) is 15.8. The molecular formula is C35H31N7O7. The number of carbonyl (C=O) groups excluding carboxylic acids is 3. The number of hydroxylamine groups is 2. The van der Waals surface area contributed by atoms with E-state index in [1.165, 1.54) is 40.3 Å². The third-order valence-electron chi connectivity index (χ3n) is 8.21. The number of anilines is 2. The summed E-state index contributed by atoms with van der Waals surface area (Å²) in [7, 11) is 0. The van der Waals surface area contributed by atoms with E-state index in [9.17, 15) is 29.7 Å². The third-order valence-corrected chi connectivity index (χ3v) is 8.21. The van der Waals surface area contributed by atoms with Gasteiger partial charge in [0, 0.05) is 17.0 Å². The van der Waals surface area contributed by atoms with Gasteiger partial charge < -0.3 is 14.6 Å². The number of rotatable bonds is 9. The van der Waals surface area contributed by atoms with Gasteiger partial charge in [-0.25, -0.2) is 15.0 Å². The van der Waals surface area contributed by atoms with Crippen LogP contribution < -0.4 is 15.6 Å². The summed E-state index contributed by atoms with van der Waals surface area (Å²) in [5, 5.41) is 32.7. The van der Waals surface area contributed by atoms with Gasteiger partial charge in [0.05, 0.1) is 23.0 Å². The van der Waals surface area contributed by atoms with Gasteiger partial charge in [-0.2, -0.15) is 10.2 Å². The van der Waals surface area contributed by atoms with Crippen molar-refractivity contribution in [2.45, 2.75) is 25.6 Å². The number of nitrogens with one attached hydrogen (secondary N) is 2. The van der Waals surface area contributed by atoms with E-state index in [1.807, 2.05) is 60.7 Å². The number of furan rings is 1. The highest BCUT2D eigenvalue weighted by Gasteiger charge is 2.56. The van der Waals surface area contributed by atoms with Crippen molar-refractivity contribution in [3.05, 3.63) is 119 Å². The zero-order valence-corrected chi connectivity index (χ0v) is 26.4. The number of hydrogen-bond acceptors (Lipinski definition) is 8. The quantitative estimate of drug-likeness (QED) is 0.0692. The molecule has 4 aromatic carbocycles. The Morgan fingerprint density at radius 1 is 0.980 bits per heavy atom. The zero-order chi connectivity index (χ0) is 34.7. The Labute approximate surface area is 279 Å². The molecule has 0 radical (unpaired) electrons. The van der Waals surface area contributed by atoms with Gasteiger partial charge in [-0.3, -0.25) is 25.0 Å². The molecule has 1 saturated heterocycles. The number of nitro groups is 1. The van der Waals surface area contributed by atoms with Crippen LogP contribution in [0.2, 0.25) is 0 Å². The minimum atomic E-state index is -1.31. The lowest BCUT2D eigenvalue weighted by Crippen LogP contribution is -2.58. The van der Waals surface area contributed by atoms with Crippen molar-refractivity contribution in [3.8, 4) is 0 Å². The SMILES string of the molecule is CC1(C)C(N(O)C(=O)Nc2cccc3ccccc23)N(c2cccc3ccccc23)C(=O)N1CC(=O)NN=CC=Cc1ccc([N+](=O)[O-])o1. The number of nitrogens with zero attached hydrogens (tertiary/aromatic N) is 5. The molecular weight excluding hydrogens is 630 g/mol. The largest absolute Gasteiger partial charge is 0.433 e. The van der Waals surface area contributed by atoms with Gasteiger partial charge in [-0.15, -0.1) is 0 Å². The van der Waals surface area contributed by atoms with Gasteiger partial charge in [0.2, 0.25) is 0 Å². The molecule has 0 aliphatic carbocycles. The van der Waals surface area contributed by atoms with Crippen molar-refractivity contribution < 1.29 is 28.9 Å². The van der Waals surface area contributed by atoms with Gasteiger partial charge >= 0.3 is 17.9 Å². The highest BCUT2D eigenvalue weighted by Crippen LogP contribution is 2.40. The van der Waals surface area contributed by atoms with Crippen molar-refractivity contribution in [3.63, 3.8) is 0 Å². The summed E-state index contributed by atoms with van der Waals surface area (Å²) < 4.78 is 5.03. The Balaban J connectivity index is 1.26. The van der Waals surface area contributed by atoms with Gasteiger partial charge in [0.15, 0.2) is 6.17 Å². The van der Waals surface area contributed by atoms with Crippen LogP contribution in [-0.4, -0.2) is 62.5 Å². The summed E-state index contributed by atoms with van der Waals surface area (Å²) in [6, 6.07) is 26.8. The Hall–Kier alpha value is -6.54. The first-order chi connectivity index (χ1) is 23.6. The van der Waals surface area contributed by atoms with E-state index in [0.29, 0.717) is 21.8 Å². The van der Waals surface area contributed by atoms with Gasteiger partial charge in [0.1, 0.15) is 17.2 Å². The van der Waals surface area contributed by atoms with E-state index < -0.39 is 47.0 Å². The molecule has 14 heteroatoms. The molecule has 1 unspecified atom stereocenters. The minimum absolute atomic E-state index is 0.214. The fourth-order valence-corrected chi connectivity index (χ4v) is 5.89. The van der Waals surface area contributed by atoms with E-state index in [0.717, 1.165) is 16.2 Å². The van der Waals surface area contributed by atoms with Crippen LogP contribution in [-0.2, 0) is 4.79 Å². The van der Waals surface area contributed by atoms with Crippen molar-refractivity contribution in [1.82, 2.24) is 15.4 Å². The summed E-state index contributed by atoms with van der Waals surface area (Å²) in [5.74, 6) is -0.847. The Morgan fingerprint density at radius 2 is 1.63 bits per heavy atom. The maximum Gasteiger partial charge on any atom is 0.433 e. The number of urea groups is 2. The average Bonchev–Trinajstić information content (AvgIpc) is 3.65. The molecule has 1 aliphatic rings. The zero-order valence-electron chi connectivity index (χ0n) is 26.4. The number of carbonyl (C=O) groups is 3. The Kier molecular flexibility index (Phi) is 8.79. The van der Waals surface area contributed by atoms with E-state index in [1.54, 1.807) is 38.1 Å². The molecule has 2 heterocycles. The lowest BCUT2D eigenvalue weighted by atomic mass is 9.99. The number of hydrogen-bond donors (Lipinski definition) is 3. The summed E-state index contributed by atoms with van der Waals surface area (Å²) in [6.07, 6.45) is 2.78. The Morgan fingerprint density at radius 3 is 2.35 bits per heavy atom. The van der Waals surface area contributed by atoms with E-state index in [4.69, 9.17) is 4.42 Å². The standard InChI is InChI=1S/C35H31N7O7/c1-35(2)32(41(46)33(44)37-28-17-7-12-23-10-3-5-15-26(23)28)40(29-18-8-13-24-11-4-6-16-27(24)29)34(45)39(35)22-30(43)38-36-21-9-14-25-19-20-31(49-25)42(47)48/h3-21,32,46H,22H2,1-2H3,(H,37,44)(H,38,43). The van der Waals surface area contributed by atoms with Crippen LogP contribution in [0.3, 0.4) is 0 Å². The van der Waals surface area contributed by atoms with E-state index >= 15 is 0 Å². The second-order valence-corrected chi connectivity index (χ2v) is 11.7. The molecule has 1 aromatic heterocycles. The van der Waals surface area contributed by atoms with Crippen molar-refractivity contribution in [2.24, 2.45) is 5.10 Å². The summed E-state index contributed by atoms with van der Waals surface area (Å²) in [5.41, 5.74) is 1.94. The maximum absolute atomic E-state index is 14.2. The van der Waals surface area contributed by atoms with Gasteiger partial charge in [-0.05, 0) is 55.0 Å². The summed E-state index contributed by atoms with van der Waals surface area (Å²) in [4.78, 5) is 53.7. The minimum Gasteiger partial charge on any atom is -0.401 e. The predicted molar refractivity (Wildman–Crippen MR) is 184 cm³/mol. The smallest absolute Gasteiger partial charge is 0.401 e. The molecule has 49 heavy (non-hydrogen) atoms.